The molecule has 0 N–H and O–H groups in total. The lowest BCUT2D eigenvalue weighted by atomic mass is 10.1. The van der Waals surface area contributed by atoms with Crippen LogP contribution in [0.15, 0.2) is 42.5 Å². The van der Waals surface area contributed by atoms with E-state index in [2.05, 4.69) is 89.2 Å². The quantitative estimate of drug-likeness (QED) is 0.640. The number of para-hydroxylation sites is 1. The lowest BCUT2D eigenvalue weighted by Crippen LogP contribution is -2.11. The van der Waals surface area contributed by atoms with Crippen LogP contribution in [0.3, 0.4) is 0 Å². The van der Waals surface area contributed by atoms with Crippen LogP contribution in [0.25, 0.3) is 12.2 Å². The predicted molar refractivity (Wildman–Crippen MR) is 82.6 cm³/mol. The SMILES string of the molecule is CN1c2ccccc2C=Cc2ccc(I)cc21. The summed E-state index contributed by atoms with van der Waals surface area (Å²) < 4.78 is 1.26. The van der Waals surface area contributed by atoms with E-state index in [0.29, 0.717) is 0 Å². The molecule has 0 radical (unpaired) electrons. The molecule has 84 valence electrons. The molecule has 0 aromatic heterocycles. The van der Waals surface area contributed by atoms with Gasteiger partial charge in [-0.2, -0.15) is 0 Å². The molecule has 0 spiro atoms. The Morgan fingerprint density at radius 2 is 1.59 bits per heavy atom. The van der Waals surface area contributed by atoms with Crippen LogP contribution in [-0.4, -0.2) is 7.05 Å². The Kier molecular flexibility index (Phi) is 2.67. The smallest absolute Gasteiger partial charge is 0.0492 e. The molecule has 1 heterocycles. The van der Waals surface area contributed by atoms with E-state index in [4.69, 9.17) is 0 Å². The molecular formula is C15H12IN. The fourth-order valence-electron chi connectivity index (χ4n) is 2.19. The first-order chi connectivity index (χ1) is 8.25. The molecule has 0 saturated heterocycles. The summed E-state index contributed by atoms with van der Waals surface area (Å²) in [5.74, 6) is 0. The number of nitrogens with zero attached hydrogens (tertiary/aromatic N) is 1. The van der Waals surface area contributed by atoms with Crippen molar-refractivity contribution in [2.45, 2.75) is 0 Å². The highest BCUT2D eigenvalue weighted by Crippen LogP contribution is 2.35. The molecule has 0 bridgehead atoms. The van der Waals surface area contributed by atoms with E-state index in [1.54, 1.807) is 0 Å². The van der Waals surface area contributed by atoms with Crippen molar-refractivity contribution in [3.05, 3.63) is 57.2 Å². The summed E-state index contributed by atoms with van der Waals surface area (Å²) >= 11 is 2.36. The van der Waals surface area contributed by atoms with Gasteiger partial charge in [0, 0.05) is 22.0 Å². The maximum atomic E-state index is 2.36. The van der Waals surface area contributed by atoms with Crippen LogP contribution >= 0.6 is 22.6 Å². The third-order valence-corrected chi connectivity index (χ3v) is 3.77. The van der Waals surface area contributed by atoms with Gasteiger partial charge in [-0.1, -0.05) is 36.4 Å². The van der Waals surface area contributed by atoms with E-state index >= 15 is 0 Å². The standard InChI is InChI=1S/C15H12IN/c1-17-14-5-3-2-4-11(14)6-7-12-8-9-13(16)10-15(12)17/h2-10H,1H3. The molecule has 3 rings (SSSR count). The Morgan fingerprint density at radius 3 is 2.41 bits per heavy atom. The topological polar surface area (TPSA) is 3.24 Å². The molecule has 17 heavy (non-hydrogen) atoms. The molecular weight excluding hydrogens is 321 g/mol. The third-order valence-electron chi connectivity index (χ3n) is 3.09. The number of rotatable bonds is 0. The third kappa shape index (κ3) is 1.86. The van der Waals surface area contributed by atoms with Crippen molar-refractivity contribution in [2.75, 3.05) is 11.9 Å². The van der Waals surface area contributed by atoms with Crippen molar-refractivity contribution in [3.8, 4) is 0 Å². The van der Waals surface area contributed by atoms with Crippen molar-refractivity contribution in [1.29, 1.82) is 0 Å². The van der Waals surface area contributed by atoms with Crippen LogP contribution in [0.1, 0.15) is 11.1 Å². The van der Waals surface area contributed by atoms with Gasteiger partial charge in [0.2, 0.25) is 0 Å². The zero-order valence-corrected chi connectivity index (χ0v) is 11.7. The van der Waals surface area contributed by atoms with Crippen LogP contribution in [0.2, 0.25) is 0 Å². The molecule has 1 nitrogen and oxygen atoms in total. The second kappa shape index (κ2) is 4.18. The fraction of sp³-hybridized carbons (Fsp3) is 0.0667. The average Bonchev–Trinajstić information content (AvgIpc) is 2.49. The van der Waals surface area contributed by atoms with E-state index < -0.39 is 0 Å². The maximum absolute atomic E-state index is 2.36. The molecule has 1 aliphatic heterocycles. The van der Waals surface area contributed by atoms with E-state index in [-0.39, 0.29) is 0 Å². The number of fused-ring (bicyclic) bond motifs is 2. The van der Waals surface area contributed by atoms with Gasteiger partial charge in [0.1, 0.15) is 0 Å². The predicted octanol–water partition coefficient (Wildman–Crippen LogP) is 4.54. The van der Waals surface area contributed by atoms with Gasteiger partial charge in [-0.25, -0.2) is 0 Å². The zero-order valence-electron chi connectivity index (χ0n) is 9.52. The van der Waals surface area contributed by atoms with E-state index in [9.17, 15) is 0 Å². The van der Waals surface area contributed by atoms with Crippen molar-refractivity contribution in [2.24, 2.45) is 0 Å². The van der Waals surface area contributed by atoms with Gasteiger partial charge in [-0.3, -0.25) is 0 Å². The van der Waals surface area contributed by atoms with Gasteiger partial charge in [0.15, 0.2) is 0 Å². The normalized spacial score (nSPS) is 12.9. The molecule has 0 aliphatic carbocycles. The van der Waals surface area contributed by atoms with Gasteiger partial charge < -0.3 is 4.90 Å². The minimum atomic E-state index is 1.25. The molecule has 0 amide bonds. The Balaban J connectivity index is 2.25. The molecule has 2 aromatic rings. The van der Waals surface area contributed by atoms with E-state index in [1.807, 2.05) is 0 Å². The molecule has 0 fully saturated rings. The number of hydrogen-bond donors (Lipinski definition) is 0. The summed E-state index contributed by atoms with van der Waals surface area (Å²) in [7, 11) is 2.13. The minimum Gasteiger partial charge on any atom is -0.344 e. The minimum absolute atomic E-state index is 1.25. The zero-order chi connectivity index (χ0) is 11.8. The Labute approximate surface area is 115 Å². The van der Waals surface area contributed by atoms with Gasteiger partial charge in [-0.05, 0) is 51.9 Å². The van der Waals surface area contributed by atoms with Gasteiger partial charge >= 0.3 is 0 Å². The lowest BCUT2D eigenvalue weighted by molar-refractivity contribution is 1.20. The lowest BCUT2D eigenvalue weighted by Gasteiger charge is -2.22. The van der Waals surface area contributed by atoms with Crippen molar-refractivity contribution in [3.63, 3.8) is 0 Å². The van der Waals surface area contributed by atoms with Crippen molar-refractivity contribution in [1.82, 2.24) is 0 Å². The maximum Gasteiger partial charge on any atom is 0.0492 e. The Bertz CT molecular complexity index is 602. The van der Waals surface area contributed by atoms with Gasteiger partial charge in [-0.15, -0.1) is 0 Å². The first-order valence-corrected chi connectivity index (χ1v) is 6.64. The Morgan fingerprint density at radius 1 is 0.882 bits per heavy atom. The second-order valence-electron chi connectivity index (χ2n) is 4.15. The summed E-state index contributed by atoms with van der Waals surface area (Å²) in [4.78, 5) is 2.26. The molecule has 1 aliphatic rings. The van der Waals surface area contributed by atoms with E-state index in [1.165, 1.54) is 26.1 Å². The van der Waals surface area contributed by atoms with Crippen LogP contribution < -0.4 is 4.90 Å². The summed E-state index contributed by atoms with van der Waals surface area (Å²) in [6, 6.07) is 15.0. The first-order valence-electron chi connectivity index (χ1n) is 5.56. The fourth-order valence-corrected chi connectivity index (χ4v) is 2.67. The summed E-state index contributed by atoms with van der Waals surface area (Å²) in [6.45, 7) is 0. The number of anilines is 2. The summed E-state index contributed by atoms with van der Waals surface area (Å²) in [5.41, 5.74) is 5.05. The number of halogens is 1. The van der Waals surface area contributed by atoms with Crippen LogP contribution in [0.4, 0.5) is 11.4 Å². The van der Waals surface area contributed by atoms with Crippen molar-refractivity contribution < 1.29 is 0 Å². The monoisotopic (exact) mass is 333 g/mol. The summed E-state index contributed by atoms with van der Waals surface area (Å²) in [5, 5.41) is 0. The van der Waals surface area contributed by atoms with Gasteiger partial charge in [0.25, 0.3) is 0 Å². The van der Waals surface area contributed by atoms with Crippen LogP contribution in [0, 0.1) is 3.57 Å². The largest absolute Gasteiger partial charge is 0.344 e. The van der Waals surface area contributed by atoms with Crippen LogP contribution in [-0.2, 0) is 0 Å². The Hall–Kier alpha value is -1.29. The molecule has 2 aromatic carbocycles. The van der Waals surface area contributed by atoms with Crippen LogP contribution in [0.5, 0.6) is 0 Å². The molecule has 0 saturated carbocycles. The average molecular weight is 333 g/mol. The highest BCUT2D eigenvalue weighted by molar-refractivity contribution is 14.1. The molecule has 0 atom stereocenters. The first kappa shape index (κ1) is 10.8. The highest BCUT2D eigenvalue weighted by atomic mass is 127. The molecule has 2 heteroatoms. The number of benzene rings is 2. The van der Waals surface area contributed by atoms with Crippen molar-refractivity contribution >= 4 is 46.1 Å². The van der Waals surface area contributed by atoms with Gasteiger partial charge in [0.05, 0.1) is 0 Å². The highest BCUT2D eigenvalue weighted by Gasteiger charge is 2.13. The molecule has 0 unspecified atom stereocenters. The number of hydrogen-bond acceptors (Lipinski definition) is 1. The van der Waals surface area contributed by atoms with E-state index in [0.717, 1.165) is 0 Å². The summed E-state index contributed by atoms with van der Waals surface area (Å²) in [6.07, 6.45) is 4.37. The second-order valence-corrected chi connectivity index (χ2v) is 5.40.